The summed E-state index contributed by atoms with van der Waals surface area (Å²) in [4.78, 5) is 0. The van der Waals surface area contributed by atoms with Gasteiger partial charge >= 0.3 is 13.0 Å². The fraction of sp³-hybridized carbons (Fsp3) is 0.250. The Morgan fingerprint density at radius 1 is 1.19 bits per heavy atom. The third-order valence-corrected chi connectivity index (χ3v) is 1.39. The van der Waals surface area contributed by atoms with E-state index in [4.69, 9.17) is 5.11 Å². The minimum Gasteiger partial charge on any atom is -0.504 e. The van der Waals surface area contributed by atoms with Crippen molar-refractivity contribution in [1.29, 1.82) is 0 Å². The summed E-state index contributed by atoms with van der Waals surface area (Å²) in [5.41, 5.74) is 0. The van der Waals surface area contributed by atoms with Gasteiger partial charge in [0.25, 0.3) is 0 Å². The monoisotopic (exact) mass is 244 g/mol. The Morgan fingerprint density at radius 2 is 1.81 bits per heavy atom. The molecule has 0 saturated heterocycles. The van der Waals surface area contributed by atoms with Crippen molar-refractivity contribution in [3.8, 4) is 17.2 Å². The van der Waals surface area contributed by atoms with E-state index < -0.39 is 30.2 Å². The van der Waals surface area contributed by atoms with Gasteiger partial charge in [0.15, 0.2) is 11.5 Å². The van der Waals surface area contributed by atoms with Crippen LogP contribution in [-0.4, -0.2) is 18.1 Å². The van der Waals surface area contributed by atoms with Crippen molar-refractivity contribution >= 4 is 0 Å². The van der Waals surface area contributed by atoms with Gasteiger partial charge in [-0.3, -0.25) is 0 Å². The second-order valence-electron chi connectivity index (χ2n) is 2.53. The number of para-hydroxylation sites is 1. The highest BCUT2D eigenvalue weighted by Crippen LogP contribution is 2.39. The van der Waals surface area contributed by atoms with Crippen LogP contribution in [0, 0.1) is 0 Å². The number of aromatic hydroxyl groups is 1. The summed E-state index contributed by atoms with van der Waals surface area (Å²) in [5, 5.41) is 9.03. The van der Waals surface area contributed by atoms with E-state index in [0.29, 0.717) is 0 Å². The number of benzene rings is 1. The van der Waals surface area contributed by atoms with Gasteiger partial charge in [0.2, 0.25) is 5.75 Å². The van der Waals surface area contributed by atoms with E-state index in [1.807, 2.05) is 0 Å². The molecule has 0 saturated carbocycles. The molecule has 0 bridgehead atoms. The van der Waals surface area contributed by atoms with Crippen LogP contribution in [0.15, 0.2) is 18.2 Å². The van der Waals surface area contributed by atoms with E-state index in [1.165, 1.54) is 0 Å². The molecule has 1 aromatic carbocycles. The molecule has 3 nitrogen and oxygen atoms in total. The zero-order valence-corrected chi connectivity index (χ0v) is 7.46. The summed E-state index contributed by atoms with van der Waals surface area (Å²) in [6.07, 6.45) is -5.06. The lowest BCUT2D eigenvalue weighted by atomic mass is 10.3. The first-order chi connectivity index (χ1) is 7.29. The van der Waals surface area contributed by atoms with Gasteiger partial charge in [0, 0.05) is 0 Å². The van der Waals surface area contributed by atoms with Crippen molar-refractivity contribution in [2.75, 3.05) is 0 Å². The normalized spacial score (nSPS) is 11.6. The molecule has 0 heterocycles. The predicted octanol–water partition coefficient (Wildman–Crippen LogP) is 2.89. The molecular weight excluding hydrogens is 239 g/mol. The molecule has 0 aliphatic carbocycles. The van der Waals surface area contributed by atoms with Crippen molar-refractivity contribution in [1.82, 2.24) is 0 Å². The number of phenolic OH excluding ortho intramolecular Hbond substituents is 1. The second kappa shape index (κ2) is 4.42. The largest absolute Gasteiger partial charge is 0.573 e. The van der Waals surface area contributed by atoms with Crippen LogP contribution in [-0.2, 0) is 0 Å². The SMILES string of the molecule is Oc1cccc(OC(F)(F)F)c1OC(F)F. The highest BCUT2D eigenvalue weighted by molar-refractivity contribution is 5.50. The highest BCUT2D eigenvalue weighted by Gasteiger charge is 2.33. The smallest absolute Gasteiger partial charge is 0.504 e. The molecule has 1 N–H and O–H groups in total. The van der Waals surface area contributed by atoms with E-state index in [-0.39, 0.29) is 0 Å². The van der Waals surface area contributed by atoms with E-state index in [1.54, 1.807) is 0 Å². The molecular formula is C8H5F5O3. The number of hydrogen-bond donors (Lipinski definition) is 1. The summed E-state index contributed by atoms with van der Waals surface area (Å²) in [6.45, 7) is -3.37. The first-order valence-corrected chi connectivity index (χ1v) is 3.82. The molecule has 0 radical (unpaired) electrons. The Balaban J connectivity index is 3.03. The van der Waals surface area contributed by atoms with Gasteiger partial charge in [0.1, 0.15) is 0 Å². The molecule has 0 spiro atoms. The van der Waals surface area contributed by atoms with Crippen LogP contribution >= 0.6 is 0 Å². The van der Waals surface area contributed by atoms with Crippen LogP contribution in [0.1, 0.15) is 0 Å². The van der Waals surface area contributed by atoms with E-state index in [2.05, 4.69) is 9.47 Å². The molecule has 0 aliphatic rings. The topological polar surface area (TPSA) is 38.7 Å². The number of rotatable bonds is 3. The summed E-state index contributed by atoms with van der Waals surface area (Å²) in [5.74, 6) is -2.97. The summed E-state index contributed by atoms with van der Waals surface area (Å²) in [7, 11) is 0. The minimum absolute atomic E-state index is 0.741. The lowest BCUT2D eigenvalue weighted by Gasteiger charge is -2.14. The van der Waals surface area contributed by atoms with Crippen molar-refractivity contribution in [2.45, 2.75) is 13.0 Å². The molecule has 0 unspecified atom stereocenters. The second-order valence-corrected chi connectivity index (χ2v) is 2.53. The molecule has 0 amide bonds. The Morgan fingerprint density at radius 3 is 2.31 bits per heavy atom. The van der Waals surface area contributed by atoms with Gasteiger partial charge in [-0.05, 0) is 12.1 Å². The lowest BCUT2D eigenvalue weighted by Crippen LogP contribution is -2.18. The Bertz CT molecular complexity index is 363. The molecule has 0 atom stereocenters. The number of alkyl halides is 5. The van der Waals surface area contributed by atoms with Crippen molar-refractivity contribution in [3.63, 3.8) is 0 Å². The van der Waals surface area contributed by atoms with Crippen LogP contribution in [0.5, 0.6) is 17.2 Å². The zero-order valence-electron chi connectivity index (χ0n) is 7.46. The Labute approximate surface area is 86.0 Å². The van der Waals surface area contributed by atoms with E-state index >= 15 is 0 Å². The number of hydrogen-bond acceptors (Lipinski definition) is 3. The summed E-state index contributed by atoms with van der Waals surface area (Å²) < 4.78 is 66.3. The standard InChI is InChI=1S/C8H5F5O3/c9-7(10)15-6-4(14)2-1-3-5(6)16-8(11,12)13/h1-3,7,14H. The third-order valence-electron chi connectivity index (χ3n) is 1.39. The van der Waals surface area contributed by atoms with Crippen LogP contribution in [0.3, 0.4) is 0 Å². The van der Waals surface area contributed by atoms with Gasteiger partial charge in [-0.15, -0.1) is 13.2 Å². The highest BCUT2D eigenvalue weighted by atomic mass is 19.4. The van der Waals surface area contributed by atoms with Gasteiger partial charge in [0.05, 0.1) is 0 Å². The van der Waals surface area contributed by atoms with Crippen LogP contribution < -0.4 is 9.47 Å². The number of phenols is 1. The van der Waals surface area contributed by atoms with Crippen LogP contribution in [0.2, 0.25) is 0 Å². The van der Waals surface area contributed by atoms with Crippen molar-refractivity contribution in [2.24, 2.45) is 0 Å². The summed E-state index contributed by atoms with van der Waals surface area (Å²) in [6, 6.07) is 2.63. The Kier molecular flexibility index (Phi) is 3.41. The van der Waals surface area contributed by atoms with Gasteiger partial charge in [-0.25, -0.2) is 0 Å². The van der Waals surface area contributed by atoms with Gasteiger partial charge in [-0.1, -0.05) is 6.07 Å². The molecule has 90 valence electrons. The summed E-state index contributed by atoms with van der Waals surface area (Å²) >= 11 is 0. The number of halogens is 5. The molecule has 16 heavy (non-hydrogen) atoms. The van der Waals surface area contributed by atoms with Gasteiger partial charge < -0.3 is 14.6 Å². The average molecular weight is 244 g/mol. The van der Waals surface area contributed by atoms with Crippen LogP contribution in [0.4, 0.5) is 22.0 Å². The molecule has 0 aromatic heterocycles. The maximum atomic E-state index is 11.8. The minimum atomic E-state index is -5.06. The fourth-order valence-electron chi connectivity index (χ4n) is 0.917. The zero-order chi connectivity index (χ0) is 12.3. The van der Waals surface area contributed by atoms with E-state index in [0.717, 1.165) is 18.2 Å². The first kappa shape index (κ1) is 12.3. The van der Waals surface area contributed by atoms with Crippen molar-refractivity contribution in [3.05, 3.63) is 18.2 Å². The maximum absolute atomic E-state index is 11.8. The fourth-order valence-corrected chi connectivity index (χ4v) is 0.917. The average Bonchev–Trinajstić information content (AvgIpc) is 2.08. The molecule has 1 rings (SSSR count). The quantitative estimate of drug-likeness (QED) is 0.831. The maximum Gasteiger partial charge on any atom is 0.573 e. The molecule has 0 fully saturated rings. The third kappa shape index (κ3) is 3.44. The molecule has 1 aromatic rings. The molecule has 8 heteroatoms. The predicted molar refractivity (Wildman–Crippen MR) is 41.4 cm³/mol. The number of ether oxygens (including phenoxy) is 2. The molecule has 0 aliphatic heterocycles. The lowest BCUT2D eigenvalue weighted by molar-refractivity contribution is -0.275. The Hall–Kier alpha value is -1.73. The van der Waals surface area contributed by atoms with Gasteiger partial charge in [-0.2, -0.15) is 8.78 Å². The first-order valence-electron chi connectivity index (χ1n) is 3.82. The van der Waals surface area contributed by atoms with Crippen molar-refractivity contribution < 1.29 is 36.5 Å². The van der Waals surface area contributed by atoms with E-state index in [9.17, 15) is 22.0 Å². The van der Waals surface area contributed by atoms with Crippen LogP contribution in [0.25, 0.3) is 0 Å².